The lowest BCUT2D eigenvalue weighted by Gasteiger charge is -2.14. The number of methoxy groups -OCH3 is 1. The summed E-state index contributed by atoms with van der Waals surface area (Å²) in [7, 11) is 1.73. The van der Waals surface area contributed by atoms with Gasteiger partial charge in [-0.3, -0.25) is 0 Å². The monoisotopic (exact) mass is 307 g/mol. The Morgan fingerprint density at radius 1 is 1.13 bits per heavy atom. The summed E-state index contributed by atoms with van der Waals surface area (Å²) in [6, 6.07) is 14.7. The zero-order valence-corrected chi connectivity index (χ0v) is 13.4. The number of rotatable bonds is 4. The Morgan fingerprint density at radius 3 is 2.70 bits per heavy atom. The molecule has 1 aliphatic rings. The third kappa shape index (κ3) is 2.32. The average molecular weight is 307 g/mol. The van der Waals surface area contributed by atoms with Crippen LogP contribution in [0.25, 0.3) is 10.9 Å². The average Bonchev–Trinajstić information content (AvgIpc) is 3.19. The summed E-state index contributed by atoms with van der Waals surface area (Å²) in [6.07, 6.45) is 3.43. The van der Waals surface area contributed by atoms with Gasteiger partial charge in [0.05, 0.1) is 19.2 Å². The molecule has 118 valence electrons. The molecule has 23 heavy (non-hydrogen) atoms. The summed E-state index contributed by atoms with van der Waals surface area (Å²) in [6.45, 7) is 0.819. The smallest absolute Gasteiger partial charge is 0.128 e. The molecule has 3 nitrogen and oxygen atoms in total. The highest BCUT2D eigenvalue weighted by Gasteiger charge is 2.22. The highest BCUT2D eigenvalue weighted by molar-refractivity contribution is 5.92. The Hall–Kier alpha value is -2.26. The van der Waals surface area contributed by atoms with E-state index in [1.54, 1.807) is 7.11 Å². The normalized spacial score (nSPS) is 13.5. The predicted molar refractivity (Wildman–Crippen MR) is 92.0 cm³/mol. The van der Waals surface area contributed by atoms with Crippen LogP contribution >= 0.6 is 0 Å². The maximum atomic E-state index is 9.85. The third-order valence-electron chi connectivity index (χ3n) is 4.87. The maximum Gasteiger partial charge on any atom is 0.128 e. The molecule has 0 fully saturated rings. The standard InChI is InChI=1S/C20H21NO2/c1-23-19-10-15-8-5-9-17(15)20-18(19)11-16(13-22)21(20)12-14-6-3-2-4-7-14/h2-4,6-7,10-11,22H,5,8-9,12-13H2,1H3. The molecular weight excluding hydrogens is 286 g/mol. The SMILES string of the molecule is COc1cc2c(c3c1cc(CO)n3Cc1ccccc1)CCC2. The predicted octanol–water partition coefficient (Wildman–Crippen LogP) is 3.68. The first-order valence-electron chi connectivity index (χ1n) is 8.17. The highest BCUT2D eigenvalue weighted by Crippen LogP contribution is 2.38. The molecule has 3 heteroatoms. The topological polar surface area (TPSA) is 34.4 Å². The second-order valence-electron chi connectivity index (χ2n) is 6.20. The number of fused-ring (bicyclic) bond motifs is 3. The molecule has 0 aliphatic heterocycles. The van der Waals surface area contributed by atoms with Gasteiger partial charge >= 0.3 is 0 Å². The number of benzene rings is 2. The largest absolute Gasteiger partial charge is 0.496 e. The van der Waals surface area contributed by atoms with Crippen LogP contribution in [-0.4, -0.2) is 16.8 Å². The Morgan fingerprint density at radius 2 is 1.96 bits per heavy atom. The summed E-state index contributed by atoms with van der Waals surface area (Å²) in [5, 5.41) is 11.0. The molecule has 2 aromatic carbocycles. The van der Waals surface area contributed by atoms with E-state index in [1.165, 1.54) is 28.6 Å². The minimum Gasteiger partial charge on any atom is -0.496 e. The van der Waals surface area contributed by atoms with Crippen molar-refractivity contribution in [2.75, 3.05) is 7.11 Å². The molecule has 0 radical (unpaired) electrons. The molecule has 4 rings (SSSR count). The number of ether oxygens (including phenoxy) is 1. The van der Waals surface area contributed by atoms with Crippen molar-refractivity contribution in [1.82, 2.24) is 4.57 Å². The van der Waals surface area contributed by atoms with E-state index in [4.69, 9.17) is 4.74 Å². The lowest BCUT2D eigenvalue weighted by atomic mass is 10.1. The van der Waals surface area contributed by atoms with Crippen molar-refractivity contribution in [2.45, 2.75) is 32.4 Å². The molecule has 1 aliphatic carbocycles. The van der Waals surface area contributed by atoms with E-state index in [1.807, 2.05) is 6.07 Å². The Bertz CT molecular complexity index is 849. The maximum absolute atomic E-state index is 9.85. The number of nitrogens with zero attached hydrogens (tertiary/aromatic N) is 1. The molecule has 3 aromatic rings. The van der Waals surface area contributed by atoms with Gasteiger partial charge < -0.3 is 14.4 Å². The van der Waals surface area contributed by atoms with Gasteiger partial charge in [-0.2, -0.15) is 0 Å². The summed E-state index contributed by atoms with van der Waals surface area (Å²) in [5.74, 6) is 0.919. The van der Waals surface area contributed by atoms with Crippen LogP contribution in [0.3, 0.4) is 0 Å². The van der Waals surface area contributed by atoms with Gasteiger partial charge in [-0.05, 0) is 48.1 Å². The number of aryl methyl sites for hydroxylation is 2. The van der Waals surface area contributed by atoms with Crippen LogP contribution in [0.15, 0.2) is 42.5 Å². The van der Waals surface area contributed by atoms with Gasteiger partial charge in [-0.1, -0.05) is 30.3 Å². The van der Waals surface area contributed by atoms with E-state index >= 15 is 0 Å². The van der Waals surface area contributed by atoms with E-state index in [9.17, 15) is 5.11 Å². The summed E-state index contributed by atoms with van der Waals surface area (Å²) in [4.78, 5) is 0. The third-order valence-corrected chi connectivity index (χ3v) is 4.87. The fourth-order valence-electron chi connectivity index (χ4n) is 3.79. The molecular formula is C20H21NO2. The molecule has 0 spiro atoms. The van der Waals surface area contributed by atoms with E-state index in [0.717, 1.165) is 36.2 Å². The second-order valence-corrected chi connectivity index (χ2v) is 6.20. The lowest BCUT2D eigenvalue weighted by Crippen LogP contribution is -2.06. The minimum absolute atomic E-state index is 0.0411. The molecule has 0 amide bonds. The van der Waals surface area contributed by atoms with Crippen molar-refractivity contribution >= 4 is 10.9 Å². The Kier molecular flexibility index (Phi) is 3.58. The van der Waals surface area contributed by atoms with Crippen molar-refractivity contribution in [3.8, 4) is 5.75 Å². The lowest BCUT2D eigenvalue weighted by molar-refractivity contribution is 0.272. The zero-order chi connectivity index (χ0) is 15.8. The first-order valence-corrected chi connectivity index (χ1v) is 8.17. The molecule has 0 bridgehead atoms. The van der Waals surface area contributed by atoms with Gasteiger partial charge in [0.1, 0.15) is 5.75 Å². The molecule has 1 aromatic heterocycles. The van der Waals surface area contributed by atoms with Crippen molar-refractivity contribution in [2.24, 2.45) is 0 Å². The van der Waals surface area contributed by atoms with E-state index in [2.05, 4.69) is 41.0 Å². The van der Waals surface area contributed by atoms with Crippen LogP contribution in [0.5, 0.6) is 5.75 Å². The molecule has 0 saturated heterocycles. The molecule has 1 heterocycles. The first-order chi connectivity index (χ1) is 11.3. The Balaban J connectivity index is 1.96. The van der Waals surface area contributed by atoms with Crippen molar-refractivity contribution in [3.05, 3.63) is 64.8 Å². The second kappa shape index (κ2) is 5.74. The highest BCUT2D eigenvalue weighted by atomic mass is 16.5. The van der Waals surface area contributed by atoms with Crippen LogP contribution < -0.4 is 4.74 Å². The fourth-order valence-corrected chi connectivity index (χ4v) is 3.79. The zero-order valence-electron chi connectivity index (χ0n) is 13.4. The van der Waals surface area contributed by atoms with E-state index in [0.29, 0.717) is 0 Å². The van der Waals surface area contributed by atoms with Gasteiger partial charge in [0.2, 0.25) is 0 Å². The van der Waals surface area contributed by atoms with E-state index in [-0.39, 0.29) is 6.61 Å². The summed E-state index contributed by atoms with van der Waals surface area (Å²) >= 11 is 0. The van der Waals surface area contributed by atoms with Crippen LogP contribution in [-0.2, 0) is 26.0 Å². The van der Waals surface area contributed by atoms with Gasteiger partial charge in [-0.25, -0.2) is 0 Å². The van der Waals surface area contributed by atoms with Crippen LogP contribution in [0.4, 0.5) is 0 Å². The number of hydrogen-bond acceptors (Lipinski definition) is 2. The number of aliphatic hydroxyl groups excluding tert-OH is 1. The van der Waals surface area contributed by atoms with Crippen molar-refractivity contribution < 1.29 is 9.84 Å². The van der Waals surface area contributed by atoms with Gasteiger partial charge in [0, 0.05) is 17.6 Å². The molecule has 0 unspecified atom stereocenters. The van der Waals surface area contributed by atoms with Crippen molar-refractivity contribution in [3.63, 3.8) is 0 Å². The Labute approximate surface area is 136 Å². The molecule has 1 N–H and O–H groups in total. The van der Waals surface area contributed by atoms with E-state index < -0.39 is 0 Å². The quantitative estimate of drug-likeness (QED) is 0.798. The summed E-state index contributed by atoms with van der Waals surface area (Å²) in [5.41, 5.74) is 6.25. The van der Waals surface area contributed by atoms with Crippen LogP contribution in [0.2, 0.25) is 0 Å². The summed E-state index contributed by atoms with van der Waals surface area (Å²) < 4.78 is 7.88. The van der Waals surface area contributed by atoms with Crippen LogP contribution in [0.1, 0.15) is 28.8 Å². The van der Waals surface area contributed by atoms with Crippen LogP contribution in [0, 0.1) is 0 Å². The van der Waals surface area contributed by atoms with Crippen molar-refractivity contribution in [1.29, 1.82) is 0 Å². The minimum atomic E-state index is 0.0411. The number of aromatic nitrogens is 1. The van der Waals surface area contributed by atoms with Gasteiger partial charge in [0.15, 0.2) is 0 Å². The number of hydrogen-bond donors (Lipinski definition) is 1. The molecule has 0 saturated carbocycles. The number of aliphatic hydroxyl groups is 1. The van der Waals surface area contributed by atoms with Gasteiger partial charge in [0.25, 0.3) is 0 Å². The first kappa shape index (κ1) is 14.3. The molecule has 0 atom stereocenters. The van der Waals surface area contributed by atoms with Gasteiger partial charge in [-0.15, -0.1) is 0 Å². The fraction of sp³-hybridized carbons (Fsp3) is 0.300.